The van der Waals surface area contributed by atoms with Gasteiger partial charge in [0, 0.05) is 39.1 Å². The fourth-order valence-corrected chi connectivity index (χ4v) is 7.33. The Morgan fingerprint density at radius 2 is 1.84 bits per heavy atom. The molecule has 2 aromatic carbocycles. The first kappa shape index (κ1) is 25.8. The van der Waals surface area contributed by atoms with E-state index in [9.17, 15) is 10.1 Å². The van der Waals surface area contributed by atoms with E-state index >= 15 is 0 Å². The van der Waals surface area contributed by atoms with Crippen molar-refractivity contribution < 1.29 is 4.79 Å². The molecule has 0 saturated heterocycles. The van der Waals surface area contributed by atoms with Crippen LogP contribution in [0.15, 0.2) is 75.5 Å². The summed E-state index contributed by atoms with van der Waals surface area (Å²) < 4.78 is 0.768. The third-order valence-electron chi connectivity index (χ3n) is 6.46. The van der Waals surface area contributed by atoms with Gasteiger partial charge in [-0.15, -0.1) is 10.2 Å². The van der Waals surface area contributed by atoms with Crippen LogP contribution in [0.1, 0.15) is 43.7 Å². The lowest BCUT2D eigenvalue weighted by Crippen LogP contribution is -2.42. The quantitative estimate of drug-likeness (QED) is 0.329. The van der Waals surface area contributed by atoms with E-state index in [4.69, 9.17) is 28.9 Å². The molecule has 0 amide bonds. The highest BCUT2D eigenvalue weighted by atomic mass is 35.5. The van der Waals surface area contributed by atoms with Crippen molar-refractivity contribution in [3.8, 4) is 6.07 Å². The lowest BCUT2D eigenvalue weighted by atomic mass is 9.68. The number of rotatable bonds is 5. The van der Waals surface area contributed by atoms with Gasteiger partial charge in [-0.25, -0.2) is 0 Å². The number of Topliss-reactive ketones (excluding diaryl/α,β-unsaturated/α-hetero) is 1. The van der Waals surface area contributed by atoms with E-state index in [-0.39, 0.29) is 22.6 Å². The van der Waals surface area contributed by atoms with Crippen LogP contribution in [0.4, 0.5) is 5.13 Å². The van der Waals surface area contributed by atoms with Gasteiger partial charge in [-0.05, 0) is 29.5 Å². The second kappa shape index (κ2) is 10.1. The van der Waals surface area contributed by atoms with Crippen molar-refractivity contribution in [1.29, 1.82) is 5.26 Å². The number of thioether (sulfide) groups is 1. The highest BCUT2D eigenvalue weighted by Crippen LogP contribution is 2.52. The van der Waals surface area contributed by atoms with Crippen LogP contribution in [0.5, 0.6) is 0 Å². The molecule has 0 bridgehead atoms. The van der Waals surface area contributed by atoms with Crippen LogP contribution in [0.3, 0.4) is 0 Å². The lowest BCUT2D eigenvalue weighted by Gasteiger charge is -2.42. The van der Waals surface area contributed by atoms with Gasteiger partial charge < -0.3 is 5.73 Å². The number of benzene rings is 2. The topological polar surface area (TPSA) is 95.9 Å². The molecule has 1 aromatic heterocycles. The van der Waals surface area contributed by atoms with Gasteiger partial charge in [-0.1, -0.05) is 96.5 Å². The van der Waals surface area contributed by atoms with Crippen molar-refractivity contribution >= 4 is 57.2 Å². The maximum absolute atomic E-state index is 13.7. The zero-order chi connectivity index (χ0) is 26.3. The number of carbonyl (C=O) groups is 1. The van der Waals surface area contributed by atoms with Gasteiger partial charge in [0.1, 0.15) is 5.82 Å². The molecule has 37 heavy (non-hydrogen) atoms. The Hall–Kier alpha value is -2.83. The van der Waals surface area contributed by atoms with Gasteiger partial charge in [0.25, 0.3) is 0 Å². The minimum atomic E-state index is -0.749. The summed E-state index contributed by atoms with van der Waals surface area (Å²) in [5.74, 6) is 0.154. The SMILES string of the molecule is CC1(C)CC(=O)C2=C(C1)N(c1nnc(SCc3ccccc3)s1)C(N)=C(C#N)C2c1c(Cl)cccc1Cl. The van der Waals surface area contributed by atoms with Crippen molar-refractivity contribution in [2.24, 2.45) is 11.1 Å². The number of nitriles is 1. The molecule has 0 saturated carbocycles. The lowest BCUT2D eigenvalue weighted by molar-refractivity contribution is -0.118. The molecule has 0 spiro atoms. The molecule has 0 fully saturated rings. The largest absolute Gasteiger partial charge is 0.384 e. The Morgan fingerprint density at radius 3 is 2.51 bits per heavy atom. The average molecular weight is 569 g/mol. The minimum absolute atomic E-state index is 0.0549. The molecule has 2 N–H and O–H groups in total. The molecule has 1 aliphatic carbocycles. The van der Waals surface area contributed by atoms with E-state index in [2.05, 4.69) is 28.4 Å². The van der Waals surface area contributed by atoms with Crippen LogP contribution in [0.2, 0.25) is 10.0 Å². The van der Waals surface area contributed by atoms with Crippen LogP contribution in [0.25, 0.3) is 0 Å². The molecular weight excluding hydrogens is 545 g/mol. The van der Waals surface area contributed by atoms with Crippen LogP contribution in [-0.4, -0.2) is 16.0 Å². The Balaban J connectivity index is 1.62. The number of halogens is 2. The predicted molar refractivity (Wildman–Crippen MR) is 149 cm³/mol. The number of carbonyl (C=O) groups excluding carboxylic acids is 1. The molecule has 1 atom stereocenters. The first-order valence-electron chi connectivity index (χ1n) is 11.6. The van der Waals surface area contributed by atoms with E-state index in [1.54, 1.807) is 34.9 Å². The van der Waals surface area contributed by atoms with Gasteiger partial charge in [0.2, 0.25) is 5.13 Å². The molecule has 10 heteroatoms. The summed E-state index contributed by atoms with van der Waals surface area (Å²) in [5, 5.41) is 20.3. The predicted octanol–water partition coefficient (Wildman–Crippen LogP) is 7.08. The summed E-state index contributed by atoms with van der Waals surface area (Å²) >= 11 is 16.1. The van der Waals surface area contributed by atoms with Gasteiger partial charge in [-0.2, -0.15) is 5.26 Å². The normalized spacial score (nSPS) is 19.2. The van der Waals surface area contributed by atoms with Gasteiger partial charge in [-0.3, -0.25) is 9.69 Å². The molecule has 3 aromatic rings. The van der Waals surface area contributed by atoms with E-state index in [1.807, 2.05) is 32.0 Å². The van der Waals surface area contributed by atoms with Crippen molar-refractivity contribution in [2.45, 2.75) is 42.7 Å². The summed E-state index contributed by atoms with van der Waals surface area (Å²) in [6.45, 7) is 4.09. The third-order valence-corrected chi connectivity index (χ3v) is 9.23. The fourth-order valence-electron chi connectivity index (χ4n) is 4.87. The zero-order valence-corrected chi connectivity index (χ0v) is 23.3. The Kier molecular flexibility index (Phi) is 7.08. The number of hydrogen-bond donors (Lipinski definition) is 1. The smallest absolute Gasteiger partial charge is 0.219 e. The number of anilines is 1. The number of hydrogen-bond acceptors (Lipinski definition) is 8. The second-order valence-corrected chi connectivity index (χ2v) is 12.7. The molecule has 2 aliphatic rings. The molecule has 1 aliphatic heterocycles. The van der Waals surface area contributed by atoms with E-state index in [0.717, 1.165) is 15.8 Å². The summed E-state index contributed by atoms with van der Waals surface area (Å²) in [7, 11) is 0. The maximum atomic E-state index is 13.7. The van der Waals surface area contributed by atoms with Crippen molar-refractivity contribution in [3.05, 3.63) is 92.4 Å². The molecule has 2 heterocycles. The van der Waals surface area contributed by atoms with E-state index in [0.29, 0.717) is 39.2 Å². The van der Waals surface area contributed by atoms with Gasteiger partial charge in [0.15, 0.2) is 10.1 Å². The van der Waals surface area contributed by atoms with Crippen LogP contribution in [-0.2, 0) is 10.5 Å². The number of allylic oxidation sites excluding steroid dienone is 3. The number of nitrogens with zero attached hydrogens (tertiary/aromatic N) is 4. The highest BCUT2D eigenvalue weighted by molar-refractivity contribution is 8.00. The highest BCUT2D eigenvalue weighted by Gasteiger charge is 2.46. The van der Waals surface area contributed by atoms with Crippen molar-refractivity contribution in [3.63, 3.8) is 0 Å². The molecular formula is C27H23Cl2N5OS2. The van der Waals surface area contributed by atoms with Crippen LogP contribution in [0, 0.1) is 16.7 Å². The summed E-state index contributed by atoms with van der Waals surface area (Å²) in [5.41, 5.74) is 9.51. The third kappa shape index (κ3) is 4.89. The second-order valence-electron chi connectivity index (χ2n) is 9.74. The minimum Gasteiger partial charge on any atom is -0.384 e. The number of aromatic nitrogens is 2. The van der Waals surface area contributed by atoms with E-state index in [1.165, 1.54) is 16.9 Å². The Morgan fingerprint density at radius 1 is 1.14 bits per heavy atom. The van der Waals surface area contributed by atoms with Crippen LogP contribution < -0.4 is 10.6 Å². The van der Waals surface area contributed by atoms with Gasteiger partial charge >= 0.3 is 0 Å². The van der Waals surface area contributed by atoms with Crippen molar-refractivity contribution in [2.75, 3.05) is 4.90 Å². The number of nitrogens with two attached hydrogens (primary N) is 1. The molecule has 6 nitrogen and oxygen atoms in total. The molecule has 5 rings (SSSR count). The first-order valence-corrected chi connectivity index (χ1v) is 14.2. The summed E-state index contributed by atoms with van der Waals surface area (Å²) in [6.07, 6.45) is 0.906. The first-order chi connectivity index (χ1) is 17.7. The number of ketones is 1. The van der Waals surface area contributed by atoms with E-state index < -0.39 is 5.92 Å². The average Bonchev–Trinajstić information content (AvgIpc) is 3.31. The standard InChI is InChI=1S/C27H23Cl2N5OS2/c1-27(2)11-19-23(20(35)12-27)21(22-17(28)9-6-10-18(22)29)16(13-30)24(31)34(19)25-32-33-26(37-25)36-14-15-7-4-3-5-8-15/h3-10,21H,11-12,14,31H2,1-2H3. The van der Waals surface area contributed by atoms with Gasteiger partial charge in [0.05, 0.1) is 17.6 Å². The zero-order valence-electron chi connectivity index (χ0n) is 20.2. The maximum Gasteiger partial charge on any atom is 0.219 e. The Labute approximate surface area is 233 Å². The summed E-state index contributed by atoms with van der Waals surface area (Å²) in [4.78, 5) is 15.4. The Bertz CT molecular complexity index is 1470. The molecule has 1 unspecified atom stereocenters. The van der Waals surface area contributed by atoms with Crippen LogP contribution >= 0.6 is 46.3 Å². The monoisotopic (exact) mass is 567 g/mol. The fraction of sp³-hybridized carbons (Fsp3) is 0.259. The molecule has 0 radical (unpaired) electrons. The van der Waals surface area contributed by atoms with Crippen molar-refractivity contribution in [1.82, 2.24) is 10.2 Å². The molecule has 188 valence electrons. The summed E-state index contributed by atoms with van der Waals surface area (Å²) in [6, 6.07) is 17.5.